The lowest BCUT2D eigenvalue weighted by atomic mass is 9.83. The predicted molar refractivity (Wildman–Crippen MR) is 101 cm³/mol. The highest BCUT2D eigenvalue weighted by molar-refractivity contribution is 7.89. The highest BCUT2D eigenvalue weighted by atomic mass is 32.2. The van der Waals surface area contributed by atoms with Gasteiger partial charge >= 0.3 is 0 Å². The van der Waals surface area contributed by atoms with E-state index in [9.17, 15) is 8.42 Å². The highest BCUT2D eigenvalue weighted by Crippen LogP contribution is 2.39. The van der Waals surface area contributed by atoms with Crippen LogP contribution in [0.5, 0.6) is 0 Å². The number of aryl methyl sites for hydroxylation is 1. The third-order valence-corrected chi connectivity index (χ3v) is 8.09. The Bertz CT molecular complexity index is 754. The summed E-state index contributed by atoms with van der Waals surface area (Å²) in [6.07, 6.45) is 4.59. The van der Waals surface area contributed by atoms with Crippen molar-refractivity contribution in [1.29, 1.82) is 0 Å². The van der Waals surface area contributed by atoms with Crippen molar-refractivity contribution in [3.05, 3.63) is 29.8 Å². The first kappa shape index (κ1) is 20.3. The van der Waals surface area contributed by atoms with E-state index in [2.05, 4.69) is 6.92 Å². The molecule has 1 aromatic rings. The fraction of sp³-hybridized carbons (Fsp3) is 0.700. The van der Waals surface area contributed by atoms with E-state index in [1.807, 2.05) is 6.92 Å². The second-order valence-corrected chi connectivity index (χ2v) is 10.3. The molecule has 0 N–H and O–H groups in total. The molecule has 0 unspecified atom stereocenters. The monoisotopic (exact) mass is 411 g/mol. The largest absolute Gasteiger partial charge is 0.243 e. The molecule has 0 radical (unpaired) electrons. The van der Waals surface area contributed by atoms with Gasteiger partial charge in [-0.05, 0) is 37.8 Å². The van der Waals surface area contributed by atoms with Gasteiger partial charge < -0.3 is 0 Å². The summed E-state index contributed by atoms with van der Waals surface area (Å²) in [6.45, 7) is 4.77. The molecule has 7 nitrogen and oxygen atoms in total. The highest BCUT2D eigenvalue weighted by Gasteiger charge is 2.47. The van der Waals surface area contributed by atoms with Gasteiger partial charge in [-0.15, -0.1) is 0 Å². The fourth-order valence-electron chi connectivity index (χ4n) is 4.11. The molecule has 1 aromatic carbocycles. The fourth-order valence-corrected chi connectivity index (χ4v) is 5.55. The number of sulfonamides is 1. The summed E-state index contributed by atoms with van der Waals surface area (Å²) in [4.78, 5) is 22.6. The van der Waals surface area contributed by atoms with Gasteiger partial charge in [0.25, 0.3) is 0 Å². The average molecular weight is 412 g/mol. The van der Waals surface area contributed by atoms with Crippen LogP contribution in [-0.4, -0.2) is 37.9 Å². The van der Waals surface area contributed by atoms with E-state index in [1.165, 1.54) is 4.31 Å². The topological polar surface area (TPSA) is 74.3 Å². The minimum atomic E-state index is -3.53. The molecule has 0 aromatic heterocycles. The van der Waals surface area contributed by atoms with Crippen LogP contribution in [0.25, 0.3) is 0 Å². The number of hydrogen-bond acceptors (Lipinski definition) is 6. The zero-order chi connectivity index (χ0) is 19.8. The Hall–Kier alpha value is -1.03. The van der Waals surface area contributed by atoms with Crippen molar-refractivity contribution in [2.24, 2.45) is 11.8 Å². The van der Waals surface area contributed by atoms with E-state index in [-0.39, 0.29) is 19.0 Å². The van der Waals surface area contributed by atoms with E-state index < -0.39 is 22.1 Å². The summed E-state index contributed by atoms with van der Waals surface area (Å²) in [5, 5.41) is 0. The molecule has 1 aliphatic carbocycles. The number of piperidine rings is 1. The molecule has 1 spiro atoms. The number of benzene rings is 1. The number of hydrogen-bond donors (Lipinski definition) is 0. The zero-order valence-corrected chi connectivity index (χ0v) is 17.3. The summed E-state index contributed by atoms with van der Waals surface area (Å²) >= 11 is 0. The number of nitrogens with zero attached hydrogens (tertiary/aromatic N) is 1. The van der Waals surface area contributed by atoms with Crippen molar-refractivity contribution in [2.45, 2.75) is 69.3 Å². The van der Waals surface area contributed by atoms with Crippen LogP contribution in [0, 0.1) is 18.8 Å². The molecule has 2 saturated heterocycles. The Balaban J connectivity index is 1.32. The average Bonchev–Trinajstić information content (AvgIpc) is 2.70. The van der Waals surface area contributed by atoms with Crippen molar-refractivity contribution in [3.63, 3.8) is 0 Å². The third kappa shape index (κ3) is 4.13. The van der Waals surface area contributed by atoms with Crippen molar-refractivity contribution < 1.29 is 28.0 Å². The maximum atomic E-state index is 12.8. The maximum absolute atomic E-state index is 12.8. The molecule has 2 aliphatic heterocycles. The van der Waals surface area contributed by atoms with Crippen LogP contribution >= 0.6 is 0 Å². The Labute approximate surface area is 166 Å². The lowest BCUT2D eigenvalue weighted by Gasteiger charge is -2.43. The third-order valence-electron chi connectivity index (χ3n) is 6.18. The second kappa shape index (κ2) is 8.01. The quantitative estimate of drug-likeness (QED) is 0.709. The molecule has 156 valence electrons. The van der Waals surface area contributed by atoms with E-state index in [1.54, 1.807) is 24.3 Å². The van der Waals surface area contributed by atoms with Crippen molar-refractivity contribution in [2.75, 3.05) is 13.1 Å². The van der Waals surface area contributed by atoms with Crippen LogP contribution in [-0.2, 0) is 29.6 Å². The van der Waals surface area contributed by atoms with E-state index >= 15 is 0 Å². The van der Waals surface area contributed by atoms with Gasteiger partial charge in [0.1, 0.15) is 0 Å². The predicted octanol–water partition coefficient (Wildman–Crippen LogP) is 3.54. The molecule has 0 bridgehead atoms. The van der Waals surface area contributed by atoms with Gasteiger partial charge in [0.2, 0.25) is 22.1 Å². The van der Waals surface area contributed by atoms with Gasteiger partial charge in [-0.25, -0.2) is 8.42 Å². The van der Waals surface area contributed by atoms with Gasteiger partial charge in [-0.1, -0.05) is 37.5 Å². The van der Waals surface area contributed by atoms with Gasteiger partial charge in [0.15, 0.2) is 0 Å². The van der Waals surface area contributed by atoms with Crippen LogP contribution in [0.2, 0.25) is 0 Å². The van der Waals surface area contributed by atoms with Crippen LogP contribution in [0.4, 0.5) is 0 Å². The minimum Gasteiger partial charge on any atom is -0.207 e. The molecule has 3 fully saturated rings. The first-order valence-corrected chi connectivity index (χ1v) is 11.6. The second-order valence-electron chi connectivity index (χ2n) is 8.38. The minimum absolute atomic E-state index is 0.274. The number of rotatable bonds is 3. The van der Waals surface area contributed by atoms with Gasteiger partial charge in [-0.2, -0.15) is 23.9 Å². The van der Waals surface area contributed by atoms with Gasteiger partial charge in [0, 0.05) is 31.8 Å². The first-order valence-electron chi connectivity index (χ1n) is 10.1. The molecule has 3 aliphatic rings. The van der Waals surface area contributed by atoms with Crippen molar-refractivity contribution in [1.82, 2.24) is 4.31 Å². The lowest BCUT2D eigenvalue weighted by molar-refractivity contribution is -0.634. The zero-order valence-electron chi connectivity index (χ0n) is 16.5. The molecule has 4 rings (SSSR count). The van der Waals surface area contributed by atoms with Crippen LogP contribution in [0.1, 0.15) is 51.0 Å². The lowest BCUT2D eigenvalue weighted by Crippen LogP contribution is -2.53. The van der Waals surface area contributed by atoms with Gasteiger partial charge in [0.05, 0.1) is 4.90 Å². The van der Waals surface area contributed by atoms with E-state index in [0.717, 1.165) is 37.2 Å². The Kier molecular flexibility index (Phi) is 5.79. The van der Waals surface area contributed by atoms with Gasteiger partial charge in [-0.3, -0.25) is 0 Å². The standard InChI is InChI=1S/C20H29NO6S/c1-15-3-7-17(8-4-15)19-24-26-20(27-25-19)11-13-21(14-12-20)28(22,23)18-9-5-16(2)6-10-18/h5-6,9-10,15,17,19H,3-4,7-8,11-14H2,1-2H3. The summed E-state index contributed by atoms with van der Waals surface area (Å²) in [5.74, 6) is -0.0130. The Morgan fingerprint density at radius 3 is 2.11 bits per heavy atom. The van der Waals surface area contributed by atoms with E-state index in [0.29, 0.717) is 17.7 Å². The SMILES string of the molecule is Cc1ccc(S(=O)(=O)N2CCC3(CC2)OOC(C2CCC(C)CC2)OO3)cc1. The molecule has 8 heteroatoms. The Morgan fingerprint density at radius 2 is 1.54 bits per heavy atom. The molecule has 2 heterocycles. The summed E-state index contributed by atoms with van der Waals surface area (Å²) in [6, 6.07) is 6.90. The smallest absolute Gasteiger partial charge is 0.207 e. The Morgan fingerprint density at radius 1 is 0.964 bits per heavy atom. The summed E-state index contributed by atoms with van der Waals surface area (Å²) in [7, 11) is -3.53. The van der Waals surface area contributed by atoms with Crippen molar-refractivity contribution >= 4 is 10.0 Å². The summed E-state index contributed by atoms with van der Waals surface area (Å²) < 4.78 is 27.1. The summed E-state index contributed by atoms with van der Waals surface area (Å²) in [5.41, 5.74) is 1.02. The first-order chi connectivity index (χ1) is 13.4. The molecule has 1 saturated carbocycles. The van der Waals surface area contributed by atoms with Crippen LogP contribution in [0.3, 0.4) is 0 Å². The molecule has 28 heavy (non-hydrogen) atoms. The molecule has 0 amide bonds. The molecular formula is C20H29NO6S. The normalized spacial score (nSPS) is 29.8. The van der Waals surface area contributed by atoms with Crippen LogP contribution < -0.4 is 0 Å². The van der Waals surface area contributed by atoms with Crippen LogP contribution in [0.15, 0.2) is 29.2 Å². The molecule has 0 atom stereocenters. The van der Waals surface area contributed by atoms with Crippen molar-refractivity contribution in [3.8, 4) is 0 Å². The maximum Gasteiger partial charge on any atom is 0.243 e. The van der Waals surface area contributed by atoms with E-state index in [4.69, 9.17) is 19.6 Å². The molecular weight excluding hydrogens is 382 g/mol.